The normalized spacial score (nSPS) is 12.7. The van der Waals surface area contributed by atoms with Gasteiger partial charge in [-0.05, 0) is 29.3 Å². The highest BCUT2D eigenvalue weighted by atomic mass is 16.6. The third-order valence-electron chi connectivity index (χ3n) is 3.33. The molecule has 0 aliphatic carbocycles. The zero-order chi connectivity index (χ0) is 14.7. The predicted molar refractivity (Wildman–Crippen MR) is 80.0 cm³/mol. The molecule has 0 saturated carbocycles. The maximum atomic E-state index is 12.2. The molecule has 0 radical (unpaired) electrons. The van der Waals surface area contributed by atoms with Crippen LogP contribution in [-0.2, 0) is 6.54 Å². The minimum atomic E-state index is -0.426. The van der Waals surface area contributed by atoms with Crippen molar-refractivity contribution in [2.24, 2.45) is 0 Å². The largest absolute Gasteiger partial charge is 0.493 e. The summed E-state index contributed by atoms with van der Waals surface area (Å²) in [4.78, 5) is 13.8. The number of benzene rings is 2. The minimum Gasteiger partial charge on any atom is -0.493 e. The first-order chi connectivity index (χ1) is 10.3. The van der Waals surface area contributed by atoms with E-state index in [2.05, 4.69) is 0 Å². The number of para-hydroxylation sites is 2. The van der Waals surface area contributed by atoms with Crippen LogP contribution in [0.3, 0.4) is 0 Å². The van der Waals surface area contributed by atoms with Gasteiger partial charge in [0.2, 0.25) is 0 Å². The molecule has 0 unspecified atom stereocenters. The lowest BCUT2D eigenvalue weighted by Gasteiger charge is -2.23. The lowest BCUT2D eigenvalue weighted by molar-refractivity contribution is 0.166. The highest BCUT2D eigenvalue weighted by Gasteiger charge is 2.19. The first-order valence-electron chi connectivity index (χ1n) is 6.65. The van der Waals surface area contributed by atoms with Gasteiger partial charge in [-0.3, -0.25) is 4.90 Å². The van der Waals surface area contributed by atoms with Crippen LogP contribution >= 0.6 is 0 Å². The molecule has 0 atom stereocenters. The van der Waals surface area contributed by atoms with Crippen LogP contribution in [0.25, 0.3) is 6.08 Å². The van der Waals surface area contributed by atoms with Crippen molar-refractivity contribution in [3.8, 4) is 11.5 Å². The van der Waals surface area contributed by atoms with E-state index in [1.807, 2.05) is 36.4 Å². The second kappa shape index (κ2) is 5.71. The molecule has 1 aliphatic heterocycles. The van der Waals surface area contributed by atoms with Gasteiger partial charge in [0.05, 0.1) is 13.7 Å². The molecule has 0 saturated heterocycles. The second-order valence-electron chi connectivity index (χ2n) is 4.66. The molecule has 4 heteroatoms. The van der Waals surface area contributed by atoms with Crippen molar-refractivity contribution in [2.45, 2.75) is 6.54 Å². The fourth-order valence-corrected chi connectivity index (χ4v) is 2.23. The Morgan fingerprint density at radius 1 is 1.05 bits per heavy atom. The average molecular weight is 281 g/mol. The van der Waals surface area contributed by atoms with Crippen LogP contribution in [0.5, 0.6) is 11.5 Å². The van der Waals surface area contributed by atoms with E-state index < -0.39 is 6.09 Å². The first kappa shape index (κ1) is 13.2. The zero-order valence-electron chi connectivity index (χ0n) is 11.7. The van der Waals surface area contributed by atoms with Crippen LogP contribution in [0.4, 0.5) is 4.79 Å². The van der Waals surface area contributed by atoms with Gasteiger partial charge in [0.1, 0.15) is 0 Å². The Morgan fingerprint density at radius 3 is 2.57 bits per heavy atom. The lowest BCUT2D eigenvalue weighted by atomic mass is 10.1. The standard InChI is InChI=1S/C17H15NO3/c1-20-15-8-4-5-9-16(15)21-17(19)18-11-10-13-6-2-3-7-14(13)12-18/h2-11H,12H2,1H3. The van der Waals surface area contributed by atoms with E-state index in [0.29, 0.717) is 18.0 Å². The van der Waals surface area contributed by atoms with Crippen molar-refractivity contribution in [2.75, 3.05) is 7.11 Å². The summed E-state index contributed by atoms with van der Waals surface area (Å²) in [6.45, 7) is 0.501. The van der Waals surface area contributed by atoms with Crippen molar-refractivity contribution in [1.82, 2.24) is 4.90 Å². The highest BCUT2D eigenvalue weighted by molar-refractivity contribution is 5.75. The van der Waals surface area contributed by atoms with Gasteiger partial charge in [-0.1, -0.05) is 36.4 Å². The van der Waals surface area contributed by atoms with Gasteiger partial charge in [0.25, 0.3) is 0 Å². The van der Waals surface area contributed by atoms with Crippen molar-refractivity contribution in [3.05, 3.63) is 65.9 Å². The van der Waals surface area contributed by atoms with Crippen LogP contribution in [-0.4, -0.2) is 18.1 Å². The number of fused-ring (bicyclic) bond motifs is 1. The molecule has 0 fully saturated rings. The molecule has 0 N–H and O–H groups in total. The summed E-state index contributed by atoms with van der Waals surface area (Å²) in [5.74, 6) is 0.949. The number of hydrogen-bond donors (Lipinski definition) is 0. The maximum absolute atomic E-state index is 12.2. The van der Waals surface area contributed by atoms with Crippen LogP contribution in [0.15, 0.2) is 54.7 Å². The molecule has 4 nitrogen and oxygen atoms in total. The summed E-state index contributed by atoms with van der Waals surface area (Å²) in [5.41, 5.74) is 2.22. The third-order valence-corrected chi connectivity index (χ3v) is 3.33. The summed E-state index contributed by atoms with van der Waals surface area (Å²) in [6.07, 6.45) is 3.22. The van der Waals surface area contributed by atoms with Gasteiger partial charge < -0.3 is 9.47 Å². The van der Waals surface area contributed by atoms with E-state index in [0.717, 1.165) is 11.1 Å². The average Bonchev–Trinajstić information content (AvgIpc) is 2.55. The van der Waals surface area contributed by atoms with E-state index in [-0.39, 0.29) is 0 Å². The Balaban J connectivity index is 1.76. The number of ether oxygens (including phenoxy) is 2. The summed E-state index contributed by atoms with van der Waals surface area (Å²) in [6, 6.07) is 15.0. The van der Waals surface area contributed by atoms with Crippen LogP contribution in [0.1, 0.15) is 11.1 Å². The molecule has 3 rings (SSSR count). The lowest BCUT2D eigenvalue weighted by Crippen LogP contribution is -2.30. The molecule has 0 aromatic heterocycles. The van der Waals surface area contributed by atoms with Gasteiger partial charge in [0.15, 0.2) is 11.5 Å². The van der Waals surface area contributed by atoms with E-state index in [1.165, 1.54) is 4.90 Å². The summed E-state index contributed by atoms with van der Waals surface area (Å²) < 4.78 is 10.6. The van der Waals surface area contributed by atoms with Gasteiger partial charge in [0, 0.05) is 6.20 Å². The molecule has 1 heterocycles. The molecule has 0 bridgehead atoms. The van der Waals surface area contributed by atoms with E-state index in [9.17, 15) is 4.79 Å². The van der Waals surface area contributed by atoms with Crippen molar-refractivity contribution in [1.29, 1.82) is 0 Å². The first-order valence-corrected chi connectivity index (χ1v) is 6.65. The van der Waals surface area contributed by atoms with Crippen LogP contribution in [0.2, 0.25) is 0 Å². The second-order valence-corrected chi connectivity index (χ2v) is 4.66. The zero-order valence-corrected chi connectivity index (χ0v) is 11.7. The van der Waals surface area contributed by atoms with Crippen molar-refractivity contribution < 1.29 is 14.3 Å². The number of methoxy groups -OCH3 is 1. The Kier molecular flexibility index (Phi) is 3.60. The number of hydrogen-bond acceptors (Lipinski definition) is 3. The predicted octanol–water partition coefficient (Wildman–Crippen LogP) is 3.68. The monoisotopic (exact) mass is 281 g/mol. The quantitative estimate of drug-likeness (QED) is 0.843. The van der Waals surface area contributed by atoms with E-state index >= 15 is 0 Å². The number of carbonyl (C=O) groups is 1. The van der Waals surface area contributed by atoms with E-state index in [4.69, 9.17) is 9.47 Å². The molecule has 0 spiro atoms. The Labute approximate surface area is 123 Å². The fraction of sp³-hybridized carbons (Fsp3) is 0.118. The molecule has 2 aromatic carbocycles. The molecule has 1 amide bonds. The van der Waals surface area contributed by atoms with Gasteiger partial charge in [-0.2, -0.15) is 0 Å². The van der Waals surface area contributed by atoms with Crippen molar-refractivity contribution in [3.63, 3.8) is 0 Å². The number of amides is 1. The maximum Gasteiger partial charge on any atom is 0.419 e. The molecular weight excluding hydrogens is 266 g/mol. The SMILES string of the molecule is COc1ccccc1OC(=O)N1C=Cc2ccccc2C1. The number of rotatable bonds is 2. The minimum absolute atomic E-state index is 0.414. The number of nitrogens with zero attached hydrogens (tertiary/aromatic N) is 1. The van der Waals surface area contributed by atoms with Gasteiger partial charge in [-0.15, -0.1) is 0 Å². The van der Waals surface area contributed by atoms with Crippen LogP contribution < -0.4 is 9.47 Å². The summed E-state index contributed by atoms with van der Waals surface area (Å²) >= 11 is 0. The van der Waals surface area contributed by atoms with E-state index in [1.54, 1.807) is 31.5 Å². The van der Waals surface area contributed by atoms with Gasteiger partial charge >= 0.3 is 6.09 Å². The molecule has 21 heavy (non-hydrogen) atoms. The highest BCUT2D eigenvalue weighted by Crippen LogP contribution is 2.27. The molecular formula is C17H15NO3. The Bertz CT molecular complexity index is 694. The van der Waals surface area contributed by atoms with Gasteiger partial charge in [-0.25, -0.2) is 4.79 Å². The summed E-state index contributed by atoms with van der Waals surface area (Å²) in [7, 11) is 1.55. The fourth-order valence-electron chi connectivity index (χ4n) is 2.23. The summed E-state index contributed by atoms with van der Waals surface area (Å²) in [5, 5.41) is 0. The third kappa shape index (κ3) is 2.74. The Morgan fingerprint density at radius 2 is 1.76 bits per heavy atom. The molecule has 1 aliphatic rings. The Hall–Kier alpha value is -2.75. The molecule has 2 aromatic rings. The molecule has 106 valence electrons. The topological polar surface area (TPSA) is 38.8 Å². The van der Waals surface area contributed by atoms with Crippen LogP contribution in [0, 0.1) is 0 Å². The van der Waals surface area contributed by atoms with Crippen molar-refractivity contribution >= 4 is 12.2 Å². The number of carbonyl (C=O) groups excluding carboxylic acids is 1. The smallest absolute Gasteiger partial charge is 0.419 e.